The number of ether oxygens (including phenoxy) is 2. The van der Waals surface area contributed by atoms with Gasteiger partial charge in [-0.1, -0.05) is 12.1 Å². The lowest BCUT2D eigenvalue weighted by Crippen LogP contribution is -3.30. The predicted octanol–water partition coefficient (Wildman–Crippen LogP) is -0.299. The van der Waals surface area contributed by atoms with Crippen molar-refractivity contribution < 1.29 is 28.5 Å². The van der Waals surface area contributed by atoms with Gasteiger partial charge in [-0.05, 0) is 48.9 Å². The third kappa shape index (κ3) is 6.43. The summed E-state index contributed by atoms with van der Waals surface area (Å²) in [7, 11) is 1.65. The SMILES string of the molecule is COc1ccc(OCC[NH+]2CC[NH+]([C@H](C)C(=O)NCc3ccc(F)cc3)CC2)cc1. The molecular formula is C23H32FN3O3+2. The number of hydrogen-bond donors (Lipinski definition) is 3. The van der Waals surface area contributed by atoms with Crippen molar-refractivity contribution in [3.63, 3.8) is 0 Å². The molecule has 2 aromatic carbocycles. The fraction of sp³-hybridized carbons (Fsp3) is 0.435. The molecule has 1 amide bonds. The maximum absolute atomic E-state index is 13.0. The minimum Gasteiger partial charge on any atom is -0.497 e. The number of amides is 1. The molecule has 0 saturated carbocycles. The Morgan fingerprint density at radius 2 is 1.67 bits per heavy atom. The number of hydrogen-bond acceptors (Lipinski definition) is 3. The van der Waals surface area contributed by atoms with E-state index in [9.17, 15) is 9.18 Å². The maximum Gasteiger partial charge on any atom is 0.278 e. The zero-order chi connectivity index (χ0) is 21.3. The van der Waals surface area contributed by atoms with Crippen LogP contribution in [0.4, 0.5) is 4.39 Å². The van der Waals surface area contributed by atoms with Gasteiger partial charge in [-0.2, -0.15) is 0 Å². The highest BCUT2D eigenvalue weighted by Gasteiger charge is 2.30. The number of carbonyl (C=O) groups is 1. The van der Waals surface area contributed by atoms with Crippen LogP contribution in [0.15, 0.2) is 48.5 Å². The third-order valence-electron chi connectivity index (χ3n) is 5.77. The van der Waals surface area contributed by atoms with Gasteiger partial charge in [0, 0.05) is 6.54 Å². The molecule has 3 rings (SSSR count). The Morgan fingerprint density at radius 1 is 1.03 bits per heavy atom. The van der Waals surface area contributed by atoms with Gasteiger partial charge in [0.1, 0.15) is 56.6 Å². The van der Waals surface area contributed by atoms with Crippen LogP contribution >= 0.6 is 0 Å². The molecule has 0 aliphatic carbocycles. The van der Waals surface area contributed by atoms with Crippen LogP contribution in [-0.2, 0) is 11.3 Å². The second kappa shape index (κ2) is 10.9. The summed E-state index contributed by atoms with van der Waals surface area (Å²) in [5.74, 6) is 1.45. The molecule has 1 aliphatic rings. The fourth-order valence-corrected chi connectivity index (χ4v) is 3.72. The van der Waals surface area contributed by atoms with E-state index in [1.54, 1.807) is 19.2 Å². The van der Waals surface area contributed by atoms with Crippen LogP contribution in [-0.4, -0.2) is 58.4 Å². The largest absolute Gasteiger partial charge is 0.497 e. The lowest BCUT2D eigenvalue weighted by atomic mass is 10.2. The van der Waals surface area contributed by atoms with E-state index >= 15 is 0 Å². The highest BCUT2D eigenvalue weighted by molar-refractivity contribution is 5.79. The van der Waals surface area contributed by atoms with E-state index in [1.165, 1.54) is 21.9 Å². The van der Waals surface area contributed by atoms with Crippen LogP contribution in [0, 0.1) is 5.82 Å². The lowest BCUT2D eigenvalue weighted by Gasteiger charge is -2.32. The van der Waals surface area contributed by atoms with E-state index in [0.29, 0.717) is 13.2 Å². The topological polar surface area (TPSA) is 56.4 Å². The highest BCUT2D eigenvalue weighted by atomic mass is 19.1. The van der Waals surface area contributed by atoms with Crippen molar-refractivity contribution in [2.24, 2.45) is 0 Å². The fourth-order valence-electron chi connectivity index (χ4n) is 3.72. The van der Waals surface area contributed by atoms with Crippen LogP contribution in [0.25, 0.3) is 0 Å². The first-order valence-electron chi connectivity index (χ1n) is 10.5. The second-order valence-corrected chi connectivity index (χ2v) is 7.75. The van der Waals surface area contributed by atoms with Crippen molar-refractivity contribution in [3.8, 4) is 11.5 Å². The molecule has 0 radical (unpaired) electrons. The van der Waals surface area contributed by atoms with E-state index in [4.69, 9.17) is 9.47 Å². The van der Waals surface area contributed by atoms with Crippen LogP contribution in [0.2, 0.25) is 0 Å². The maximum atomic E-state index is 13.0. The van der Waals surface area contributed by atoms with Crippen molar-refractivity contribution in [2.45, 2.75) is 19.5 Å². The van der Waals surface area contributed by atoms with Gasteiger partial charge in [0.2, 0.25) is 0 Å². The number of nitrogens with one attached hydrogen (secondary N) is 3. The molecule has 3 N–H and O–H groups in total. The molecule has 0 aromatic heterocycles. The summed E-state index contributed by atoms with van der Waals surface area (Å²) in [5, 5.41) is 2.97. The van der Waals surface area contributed by atoms with Gasteiger partial charge in [0.15, 0.2) is 6.04 Å². The molecule has 0 spiro atoms. The molecule has 1 aliphatic heterocycles. The van der Waals surface area contributed by atoms with E-state index in [0.717, 1.165) is 49.8 Å². The molecule has 1 fully saturated rings. The van der Waals surface area contributed by atoms with Crippen LogP contribution in [0.5, 0.6) is 11.5 Å². The van der Waals surface area contributed by atoms with Gasteiger partial charge in [-0.25, -0.2) is 4.39 Å². The first kappa shape index (κ1) is 22.1. The Bertz CT molecular complexity index is 790. The molecule has 7 heteroatoms. The molecule has 2 aromatic rings. The molecule has 1 heterocycles. The first-order chi connectivity index (χ1) is 14.5. The van der Waals surface area contributed by atoms with E-state index in [2.05, 4.69) is 5.32 Å². The van der Waals surface area contributed by atoms with Crippen molar-refractivity contribution >= 4 is 5.91 Å². The quantitative estimate of drug-likeness (QED) is 0.525. The first-order valence-corrected chi connectivity index (χ1v) is 10.5. The summed E-state index contributed by atoms with van der Waals surface area (Å²) in [6.45, 7) is 8.00. The Kier molecular flexibility index (Phi) is 8.04. The predicted molar refractivity (Wildman–Crippen MR) is 112 cm³/mol. The molecule has 0 bridgehead atoms. The monoisotopic (exact) mass is 417 g/mol. The van der Waals surface area contributed by atoms with E-state index < -0.39 is 0 Å². The van der Waals surface area contributed by atoms with Gasteiger partial charge in [0.25, 0.3) is 5.91 Å². The van der Waals surface area contributed by atoms with Crippen LogP contribution < -0.4 is 24.6 Å². The van der Waals surface area contributed by atoms with Gasteiger partial charge in [-0.15, -0.1) is 0 Å². The molecule has 1 saturated heterocycles. The van der Waals surface area contributed by atoms with Crippen molar-refractivity contribution in [1.82, 2.24) is 5.32 Å². The Morgan fingerprint density at radius 3 is 2.30 bits per heavy atom. The van der Waals surface area contributed by atoms with Crippen LogP contribution in [0.1, 0.15) is 12.5 Å². The zero-order valence-corrected chi connectivity index (χ0v) is 17.7. The molecule has 6 nitrogen and oxygen atoms in total. The molecule has 162 valence electrons. The van der Waals surface area contributed by atoms with Gasteiger partial charge in [0.05, 0.1) is 7.11 Å². The summed E-state index contributed by atoms with van der Waals surface area (Å²) in [6, 6.07) is 13.8. The molecule has 30 heavy (non-hydrogen) atoms. The second-order valence-electron chi connectivity index (χ2n) is 7.75. The Hall–Kier alpha value is -2.64. The Balaban J connectivity index is 1.34. The average molecular weight is 418 g/mol. The number of carbonyl (C=O) groups excluding carboxylic acids is 1. The number of halogens is 1. The summed E-state index contributed by atoms with van der Waals surface area (Å²) in [4.78, 5) is 15.3. The number of quaternary nitrogens is 2. The normalized spacial score (nSPS) is 19.7. The van der Waals surface area contributed by atoms with Crippen molar-refractivity contribution in [1.29, 1.82) is 0 Å². The standard InChI is InChI=1S/C23H30FN3O3/c1-18(23(28)25-17-19-3-5-20(24)6-4-19)27-13-11-26(12-14-27)15-16-30-22-9-7-21(29-2)8-10-22/h3-10,18H,11-17H2,1-2H3,(H,25,28)/p+2/t18-/m1/s1. The van der Waals surface area contributed by atoms with Gasteiger partial charge in [-0.3, -0.25) is 4.79 Å². The van der Waals surface area contributed by atoms with Crippen molar-refractivity contribution in [3.05, 3.63) is 59.9 Å². The minimum atomic E-state index is -0.266. The summed E-state index contributed by atoms with van der Waals surface area (Å²) in [5.41, 5.74) is 0.901. The van der Waals surface area contributed by atoms with Gasteiger partial charge < -0.3 is 24.6 Å². The number of piperazine rings is 1. The average Bonchev–Trinajstić information content (AvgIpc) is 2.79. The zero-order valence-electron chi connectivity index (χ0n) is 17.7. The Labute approximate surface area is 177 Å². The van der Waals surface area contributed by atoms with Gasteiger partial charge >= 0.3 is 0 Å². The van der Waals surface area contributed by atoms with E-state index in [-0.39, 0.29) is 17.8 Å². The third-order valence-corrected chi connectivity index (χ3v) is 5.77. The smallest absolute Gasteiger partial charge is 0.278 e. The lowest BCUT2D eigenvalue weighted by molar-refractivity contribution is -1.02. The molecule has 0 unspecified atom stereocenters. The van der Waals surface area contributed by atoms with Crippen LogP contribution in [0.3, 0.4) is 0 Å². The molecule has 1 atom stereocenters. The number of benzene rings is 2. The number of methoxy groups -OCH3 is 1. The van der Waals surface area contributed by atoms with E-state index in [1.807, 2.05) is 31.2 Å². The molecular weight excluding hydrogens is 385 g/mol. The highest BCUT2D eigenvalue weighted by Crippen LogP contribution is 2.16. The minimum absolute atomic E-state index is 0.0422. The summed E-state index contributed by atoms with van der Waals surface area (Å²) >= 11 is 0. The number of rotatable bonds is 9. The summed E-state index contributed by atoms with van der Waals surface area (Å²) < 4.78 is 24.0. The summed E-state index contributed by atoms with van der Waals surface area (Å²) in [6.07, 6.45) is 0. The van der Waals surface area contributed by atoms with Crippen molar-refractivity contribution in [2.75, 3.05) is 46.4 Å².